The summed E-state index contributed by atoms with van der Waals surface area (Å²) in [5.41, 5.74) is 1.09. The lowest BCUT2D eigenvalue weighted by Gasteiger charge is -2.27. The van der Waals surface area contributed by atoms with E-state index in [0.29, 0.717) is 13.1 Å². The fraction of sp³-hybridized carbons (Fsp3) is 0.435. The number of hydrogen-bond donors (Lipinski definition) is 0. The first-order valence-electron chi connectivity index (χ1n) is 10.7. The van der Waals surface area contributed by atoms with Gasteiger partial charge in [-0.25, -0.2) is 0 Å². The molecule has 0 unspecified atom stereocenters. The summed E-state index contributed by atoms with van der Waals surface area (Å²) in [6, 6.07) is 7.57. The zero-order chi connectivity index (χ0) is 21.6. The molecule has 1 amide bonds. The average Bonchev–Trinajstić information content (AvgIpc) is 3.54. The second-order valence-electron chi connectivity index (χ2n) is 7.95. The van der Waals surface area contributed by atoms with Gasteiger partial charge in [-0.3, -0.25) is 9.36 Å². The third kappa shape index (κ3) is 5.31. The minimum Gasteiger partial charge on any atom is -0.467 e. The van der Waals surface area contributed by atoms with Gasteiger partial charge >= 0.3 is 0 Å². The maximum Gasteiger partial charge on any atom is 0.237 e. The largest absolute Gasteiger partial charge is 0.467 e. The van der Waals surface area contributed by atoms with E-state index in [-0.39, 0.29) is 17.6 Å². The predicted octanol–water partition coefficient (Wildman–Crippen LogP) is 5.21. The van der Waals surface area contributed by atoms with E-state index in [1.165, 1.54) is 18.2 Å². The van der Waals surface area contributed by atoms with Gasteiger partial charge in [-0.15, -0.1) is 10.2 Å². The van der Waals surface area contributed by atoms with Gasteiger partial charge in [-0.2, -0.15) is 0 Å². The van der Waals surface area contributed by atoms with Gasteiger partial charge in [0.1, 0.15) is 17.3 Å². The first-order chi connectivity index (χ1) is 15.1. The number of thioether (sulfide) groups is 1. The number of allylic oxidation sites excluding steroid dienone is 2. The fourth-order valence-corrected chi connectivity index (χ4v) is 4.54. The Bertz CT molecular complexity index is 1010. The lowest BCUT2D eigenvalue weighted by atomic mass is 10.0. The minimum absolute atomic E-state index is 0.0493. The monoisotopic (exact) mass is 440 g/mol. The molecule has 0 N–H and O–H groups in total. The Kier molecular flexibility index (Phi) is 6.96. The summed E-state index contributed by atoms with van der Waals surface area (Å²) in [5, 5.41) is 9.46. The van der Waals surface area contributed by atoms with Crippen LogP contribution < -0.4 is 0 Å². The molecule has 0 fully saturated rings. The highest BCUT2D eigenvalue weighted by molar-refractivity contribution is 7.99. The summed E-state index contributed by atoms with van der Waals surface area (Å²) >= 11 is 1.42. The van der Waals surface area contributed by atoms with Crippen molar-refractivity contribution in [1.82, 2.24) is 19.7 Å². The van der Waals surface area contributed by atoms with E-state index in [9.17, 15) is 4.79 Å². The predicted molar refractivity (Wildman–Crippen MR) is 118 cm³/mol. The van der Waals surface area contributed by atoms with Crippen LogP contribution in [0.2, 0.25) is 0 Å². The molecule has 4 rings (SSSR count). The summed E-state index contributed by atoms with van der Waals surface area (Å²) in [4.78, 5) is 15.1. The van der Waals surface area contributed by atoms with Crippen LogP contribution in [0.15, 0.2) is 62.6 Å². The highest BCUT2D eigenvalue weighted by Crippen LogP contribution is 2.27. The molecule has 0 aromatic carbocycles. The van der Waals surface area contributed by atoms with Crippen molar-refractivity contribution in [3.63, 3.8) is 0 Å². The Balaban J connectivity index is 1.50. The maximum absolute atomic E-state index is 13.3. The van der Waals surface area contributed by atoms with Gasteiger partial charge in [-0.1, -0.05) is 31.7 Å². The lowest BCUT2D eigenvalue weighted by Crippen LogP contribution is -2.32. The van der Waals surface area contributed by atoms with Crippen LogP contribution in [0.5, 0.6) is 0 Å². The summed E-state index contributed by atoms with van der Waals surface area (Å²) in [6.07, 6.45) is 9.71. The maximum atomic E-state index is 13.3. The molecule has 0 saturated carbocycles. The van der Waals surface area contributed by atoms with Gasteiger partial charge in [0.05, 0.1) is 31.4 Å². The number of rotatable bonds is 9. The number of hydrogen-bond acceptors (Lipinski definition) is 6. The Labute approximate surface area is 186 Å². The molecule has 1 aliphatic rings. The molecule has 8 heteroatoms. The van der Waals surface area contributed by atoms with Crippen molar-refractivity contribution in [1.29, 1.82) is 0 Å². The topological polar surface area (TPSA) is 77.3 Å². The summed E-state index contributed by atoms with van der Waals surface area (Å²) < 4.78 is 13.1. The SMILES string of the molecule is CC(C)c1nnc(SCC(=O)N(Cc2ccco2)C2=CCCCC2)n1Cc1ccco1. The van der Waals surface area contributed by atoms with E-state index in [4.69, 9.17) is 8.83 Å². The molecule has 0 spiro atoms. The molecule has 31 heavy (non-hydrogen) atoms. The number of nitrogens with zero attached hydrogens (tertiary/aromatic N) is 4. The standard InChI is InChI=1S/C23H28N4O3S/c1-17(2)22-24-25-23(27(22)15-20-11-7-13-30-20)31-16-21(28)26(14-19-10-6-12-29-19)18-8-4-3-5-9-18/h6-8,10-13,17H,3-5,9,14-16H2,1-2H3. The fourth-order valence-electron chi connectivity index (χ4n) is 3.72. The van der Waals surface area contributed by atoms with Crippen LogP contribution in [0.4, 0.5) is 0 Å². The average molecular weight is 441 g/mol. The zero-order valence-electron chi connectivity index (χ0n) is 18.0. The van der Waals surface area contributed by atoms with Crippen LogP contribution in [0.3, 0.4) is 0 Å². The molecule has 7 nitrogen and oxygen atoms in total. The van der Waals surface area contributed by atoms with E-state index < -0.39 is 0 Å². The molecule has 0 atom stereocenters. The third-order valence-corrected chi connectivity index (χ3v) is 6.24. The number of amides is 1. The van der Waals surface area contributed by atoms with Crippen molar-refractivity contribution in [2.45, 2.75) is 63.7 Å². The van der Waals surface area contributed by atoms with Gasteiger partial charge in [0.2, 0.25) is 5.91 Å². The second kappa shape index (κ2) is 10.0. The van der Waals surface area contributed by atoms with Gasteiger partial charge < -0.3 is 13.7 Å². The highest BCUT2D eigenvalue weighted by Gasteiger charge is 2.23. The molecule has 0 aliphatic heterocycles. The molecule has 0 bridgehead atoms. The first kappa shape index (κ1) is 21.5. The second-order valence-corrected chi connectivity index (χ2v) is 8.89. The Morgan fingerprint density at radius 1 is 1.16 bits per heavy atom. The zero-order valence-corrected chi connectivity index (χ0v) is 18.8. The summed E-state index contributed by atoms with van der Waals surface area (Å²) in [7, 11) is 0. The van der Waals surface area contributed by atoms with Crippen molar-refractivity contribution in [2.24, 2.45) is 0 Å². The first-order valence-corrected chi connectivity index (χ1v) is 11.7. The van der Waals surface area contributed by atoms with E-state index >= 15 is 0 Å². The molecular formula is C23H28N4O3S. The summed E-state index contributed by atoms with van der Waals surface area (Å²) in [6.45, 7) is 5.17. The quantitative estimate of drug-likeness (QED) is 0.425. The third-order valence-electron chi connectivity index (χ3n) is 5.29. The molecule has 3 heterocycles. The van der Waals surface area contributed by atoms with Crippen LogP contribution in [0.25, 0.3) is 0 Å². The van der Waals surface area contributed by atoms with Gasteiger partial charge in [-0.05, 0) is 49.9 Å². The van der Waals surface area contributed by atoms with Crippen molar-refractivity contribution in [3.05, 3.63) is 65.9 Å². The Hall–Kier alpha value is -2.74. The highest BCUT2D eigenvalue weighted by atomic mass is 32.2. The number of carbonyl (C=O) groups is 1. The van der Waals surface area contributed by atoms with E-state index in [1.807, 2.05) is 33.7 Å². The molecule has 0 radical (unpaired) electrons. The molecule has 1 aliphatic carbocycles. The normalized spacial score (nSPS) is 14.1. The van der Waals surface area contributed by atoms with E-state index in [0.717, 1.165) is 47.5 Å². The molecule has 0 saturated heterocycles. The van der Waals surface area contributed by atoms with Crippen molar-refractivity contribution >= 4 is 17.7 Å². The number of furan rings is 2. The van der Waals surface area contributed by atoms with E-state index in [2.05, 4.69) is 30.1 Å². The van der Waals surface area contributed by atoms with Gasteiger partial charge in [0.25, 0.3) is 0 Å². The number of carbonyl (C=O) groups excluding carboxylic acids is 1. The summed E-state index contributed by atoms with van der Waals surface area (Å²) in [5.74, 6) is 3.05. The van der Waals surface area contributed by atoms with Crippen LogP contribution in [-0.2, 0) is 17.9 Å². The van der Waals surface area contributed by atoms with Crippen LogP contribution in [0, 0.1) is 0 Å². The Morgan fingerprint density at radius 2 is 1.94 bits per heavy atom. The lowest BCUT2D eigenvalue weighted by molar-refractivity contribution is -0.127. The van der Waals surface area contributed by atoms with Crippen molar-refractivity contribution < 1.29 is 13.6 Å². The minimum atomic E-state index is 0.0493. The van der Waals surface area contributed by atoms with Crippen LogP contribution >= 0.6 is 11.8 Å². The van der Waals surface area contributed by atoms with Crippen molar-refractivity contribution in [2.75, 3.05) is 5.75 Å². The number of aromatic nitrogens is 3. The molecule has 3 aromatic rings. The molecular weight excluding hydrogens is 412 g/mol. The van der Waals surface area contributed by atoms with E-state index in [1.54, 1.807) is 12.5 Å². The van der Waals surface area contributed by atoms with Crippen molar-refractivity contribution in [3.8, 4) is 0 Å². The van der Waals surface area contributed by atoms with Gasteiger partial charge in [0.15, 0.2) is 5.16 Å². The smallest absolute Gasteiger partial charge is 0.237 e. The van der Waals surface area contributed by atoms with Crippen LogP contribution in [-0.4, -0.2) is 31.3 Å². The molecule has 164 valence electrons. The van der Waals surface area contributed by atoms with Crippen LogP contribution in [0.1, 0.15) is 62.8 Å². The Morgan fingerprint density at radius 3 is 2.58 bits per heavy atom. The van der Waals surface area contributed by atoms with Gasteiger partial charge in [0, 0.05) is 11.6 Å². The molecule has 3 aromatic heterocycles.